The number of aryl methyl sites for hydroxylation is 1. The summed E-state index contributed by atoms with van der Waals surface area (Å²) < 4.78 is 11.5. The Hall–Kier alpha value is -8.55. The fourth-order valence-corrected chi connectivity index (χ4v) is 30.3. The van der Waals surface area contributed by atoms with Gasteiger partial charge in [-0.05, 0) is 94.0 Å². The Kier molecular flexibility index (Phi) is 32.6. The third-order valence-corrected chi connectivity index (χ3v) is 41.6. The summed E-state index contributed by atoms with van der Waals surface area (Å²) in [6.45, 7) is 11.4. The average Bonchev–Trinajstić information content (AvgIpc) is 1.01. The molecule has 2 fully saturated rings. The summed E-state index contributed by atoms with van der Waals surface area (Å²) in [4.78, 5) is 19.2. The first-order valence-corrected chi connectivity index (χ1v) is 48.7. The van der Waals surface area contributed by atoms with E-state index in [4.69, 9.17) is 9.47 Å². The number of carbonyl (C=O) groups is 1. The third kappa shape index (κ3) is 22.3. The van der Waals surface area contributed by atoms with Crippen LogP contribution in [0.4, 0.5) is 0 Å². The number of likely N-dealkylation sites (tertiary alicyclic amines) is 1. The minimum absolute atomic E-state index is 0.0404. The van der Waals surface area contributed by atoms with Gasteiger partial charge in [0.15, 0.2) is 0 Å². The zero-order chi connectivity index (χ0) is 75.3. The molecule has 2 aliphatic rings. The molecule has 0 bridgehead atoms. The van der Waals surface area contributed by atoms with Gasteiger partial charge < -0.3 is 10.1 Å². The van der Waals surface area contributed by atoms with Crippen LogP contribution in [0, 0.1) is 6.92 Å². The number of aromatic nitrogens is 1. The van der Waals surface area contributed by atoms with Gasteiger partial charge in [-0.1, -0.05) is 167 Å². The molecule has 1 N–H and O–H groups in total. The Balaban J connectivity index is 0.000000146. The van der Waals surface area contributed by atoms with Gasteiger partial charge in [-0.2, -0.15) is 0 Å². The molecule has 1 aromatic heterocycles. The smallest absolute Gasteiger partial charge is 0.211 e. The van der Waals surface area contributed by atoms with Crippen LogP contribution in [0.25, 0.3) is 6.08 Å². The van der Waals surface area contributed by atoms with E-state index >= 15 is 0 Å². The summed E-state index contributed by atoms with van der Waals surface area (Å²) in [7, 11) is -0.446. The van der Waals surface area contributed by atoms with E-state index in [0.29, 0.717) is 17.9 Å². The fourth-order valence-electron chi connectivity index (χ4n) is 13.5. The molecule has 3 heterocycles. The Morgan fingerprint density at radius 1 is 0.417 bits per heavy atom. The second-order valence-electron chi connectivity index (χ2n) is 26.3. The van der Waals surface area contributed by atoms with Crippen molar-refractivity contribution in [3.63, 3.8) is 0 Å². The number of para-hydroxylation sites is 2. The topological polar surface area (TPSA) is 63.7 Å². The van der Waals surface area contributed by atoms with Crippen molar-refractivity contribution in [2.75, 3.05) is 63.6 Å². The zero-order valence-corrected chi connectivity index (χ0v) is 69.4. The van der Waals surface area contributed by atoms with Crippen molar-refractivity contribution in [2.45, 2.75) is 39.5 Å². The van der Waals surface area contributed by atoms with Crippen molar-refractivity contribution in [2.24, 2.45) is 0 Å². The molecule has 12 heteroatoms. The SMILES string of the molecule is BrCCOc1ccccc1.BrP(CCN1CCCC1)(c1ccccc1)(c1ccccc1)c1ccccc1.BrP(CCOc1ccccc1)(c1ccccc1)(c1ccccc1)c1ccccc1.C/C=C/c1cccc(C(=O)c2ccc(C)cc2)n1.C1CCNC1.c1ccc(P(c2ccccc2)c2ccccc2)cc1. The van der Waals surface area contributed by atoms with Crippen molar-refractivity contribution in [1.29, 1.82) is 0 Å². The van der Waals surface area contributed by atoms with Crippen molar-refractivity contribution < 1.29 is 14.3 Å². The van der Waals surface area contributed by atoms with E-state index in [-0.39, 0.29) is 5.78 Å². The first-order valence-electron chi connectivity index (χ1n) is 37.3. The van der Waals surface area contributed by atoms with Crippen molar-refractivity contribution in [3.8, 4) is 11.5 Å². The van der Waals surface area contributed by atoms with Gasteiger partial charge in [-0.15, -0.1) is 0 Å². The largest absolute Gasteiger partial charge is 0.317 e. The maximum atomic E-state index is 12.2. The first-order chi connectivity index (χ1) is 53.0. The van der Waals surface area contributed by atoms with E-state index in [1.54, 1.807) is 6.07 Å². The number of allylic oxidation sites excluding steroid dienone is 1. The van der Waals surface area contributed by atoms with E-state index < -0.39 is 18.5 Å². The van der Waals surface area contributed by atoms with Crippen LogP contribution in [-0.2, 0) is 0 Å². The second-order valence-corrected chi connectivity index (χ2v) is 47.5. The zero-order valence-electron chi connectivity index (χ0n) is 61.9. The average molecular weight is 1680 g/mol. The standard InChI is InChI=1S/C26H24BrOP.C24H27BrNP.C18H15P.C16H15NO.C8H9BrO.C4H9N/c27-29(24-15-7-2-8-16-24,25-17-9-3-10-18-25,26-19-11-4-12-20-26)22-21-28-23-13-5-1-6-14-23;25-27(22-12-4-1-5-13-22,23-14-6-2-7-15-23,24-16-8-3-9-17-24)21-20-26-18-10-11-19-26;1-4-10-16(11-5-1)19(17-12-6-2-7-13-17)18-14-8-3-9-15-18;1-3-5-14-6-4-7-15(17-14)16(18)13-10-8-12(2)9-11-13;9-6-7-10-8-4-2-1-3-5-8;1-2-4-5-3-1/h1-20H,21-22H2;1-9,12-17H,10-11,18-21H2;1-15H;3-11H,1-2H3;1-5H,6-7H2;5H,1-4H2/b;;;5-3+;;. The Labute approximate surface area is 668 Å². The number of benzene rings is 12. The molecule has 108 heavy (non-hydrogen) atoms. The third-order valence-electron chi connectivity index (χ3n) is 19.1. The van der Waals surface area contributed by atoms with Crippen LogP contribution in [0.2, 0.25) is 0 Å². The monoisotopic (exact) mass is 1670 g/mol. The molecule has 0 aliphatic carbocycles. The molecule has 0 radical (unpaired) electrons. The molecule has 15 rings (SSSR count). The van der Waals surface area contributed by atoms with Gasteiger partial charge >= 0.3 is 353 Å². The number of carbonyl (C=O) groups excluding carboxylic acids is 1. The predicted molar refractivity (Wildman–Crippen MR) is 482 cm³/mol. The van der Waals surface area contributed by atoms with Crippen LogP contribution in [0.15, 0.2) is 382 Å². The van der Waals surface area contributed by atoms with E-state index in [1.807, 2.05) is 123 Å². The van der Waals surface area contributed by atoms with E-state index in [0.717, 1.165) is 53.6 Å². The Morgan fingerprint density at radius 2 is 0.750 bits per heavy atom. The Morgan fingerprint density at radius 3 is 1.08 bits per heavy atom. The van der Waals surface area contributed by atoms with Gasteiger partial charge in [0.05, 0.1) is 12.3 Å². The number of hydrogen-bond donors (Lipinski definition) is 1. The number of halogens is 3. The quantitative estimate of drug-likeness (QED) is 0.0414. The number of rotatable bonds is 22. The van der Waals surface area contributed by atoms with Crippen LogP contribution >= 0.6 is 65.4 Å². The van der Waals surface area contributed by atoms with Crippen LogP contribution in [-0.4, -0.2) is 79.3 Å². The molecule has 2 aliphatic heterocycles. The van der Waals surface area contributed by atoms with Crippen molar-refractivity contribution in [1.82, 2.24) is 15.2 Å². The number of ketones is 1. The predicted octanol–water partition coefficient (Wildman–Crippen LogP) is 20.8. The summed E-state index contributed by atoms with van der Waals surface area (Å²) in [6.07, 6.45) is 11.2. The molecule has 0 unspecified atom stereocenters. The number of nitrogens with zero attached hydrogens (tertiary/aromatic N) is 2. The first kappa shape index (κ1) is 82.0. The van der Waals surface area contributed by atoms with Gasteiger partial charge in [-0.25, -0.2) is 4.98 Å². The van der Waals surface area contributed by atoms with Gasteiger partial charge in [-0.3, -0.25) is 4.79 Å². The van der Waals surface area contributed by atoms with E-state index in [2.05, 4.69) is 335 Å². The Bertz CT molecular complexity index is 4400. The van der Waals surface area contributed by atoms with Gasteiger partial charge in [0.2, 0.25) is 5.78 Å². The van der Waals surface area contributed by atoms with Crippen LogP contribution in [0.5, 0.6) is 11.5 Å². The van der Waals surface area contributed by atoms with Crippen LogP contribution in [0.1, 0.15) is 59.9 Å². The van der Waals surface area contributed by atoms with E-state index in [1.165, 1.54) is 99.6 Å². The number of alkyl halides is 1. The van der Waals surface area contributed by atoms with E-state index in [9.17, 15) is 4.79 Å². The summed E-state index contributed by atoms with van der Waals surface area (Å²) in [5.74, 6) is 1.79. The molecule has 2 saturated heterocycles. The molecule has 12 aromatic carbocycles. The summed E-state index contributed by atoms with van der Waals surface area (Å²) in [5.41, 5.74) is 3.10. The van der Waals surface area contributed by atoms with Crippen molar-refractivity contribution >= 4 is 125 Å². The summed E-state index contributed by atoms with van der Waals surface area (Å²) in [5, 5.41) is 10.8. The number of hydrogen-bond acceptors (Lipinski definition) is 6. The number of nitrogens with one attached hydrogen (secondary N) is 1. The molecule has 6 nitrogen and oxygen atoms in total. The maximum absolute atomic E-state index is 12.2. The van der Waals surface area contributed by atoms with Crippen LogP contribution in [0.3, 0.4) is 0 Å². The number of pyridine rings is 1. The molecule has 0 amide bonds. The minimum Gasteiger partial charge on any atom is -0.317 e. The minimum atomic E-state index is -2.90. The fraction of sp³-hybridized carbons (Fsp3) is 0.167. The molecule has 0 spiro atoms. The van der Waals surface area contributed by atoms with Gasteiger partial charge in [0.1, 0.15) is 11.4 Å². The van der Waals surface area contributed by atoms with Crippen LogP contribution < -0.4 is 62.5 Å². The molecular weight excluding hydrogens is 1580 g/mol. The maximum Gasteiger partial charge on any atom is 0.211 e. The van der Waals surface area contributed by atoms with Gasteiger partial charge in [0, 0.05) is 10.9 Å². The summed E-state index contributed by atoms with van der Waals surface area (Å²) in [6, 6.07) is 131. The number of ether oxygens (including phenoxy) is 2. The van der Waals surface area contributed by atoms with Gasteiger partial charge in [0.25, 0.3) is 0 Å². The second kappa shape index (κ2) is 43.0. The molecule has 552 valence electrons. The molecule has 0 atom stereocenters. The molecule has 0 saturated carbocycles. The normalized spacial score (nSPS) is 13.2. The van der Waals surface area contributed by atoms with Crippen molar-refractivity contribution in [3.05, 3.63) is 405 Å². The molecule has 13 aromatic rings. The summed E-state index contributed by atoms with van der Waals surface area (Å²) >= 11 is 12.3. The molecular formula is C96H99Br3N3O3P3.